The van der Waals surface area contributed by atoms with Crippen molar-refractivity contribution in [1.82, 2.24) is 9.55 Å². The van der Waals surface area contributed by atoms with Gasteiger partial charge < -0.3 is 24.4 Å². The number of benzene rings is 2. The molecule has 1 heterocycles. The van der Waals surface area contributed by atoms with Crippen molar-refractivity contribution in [3.63, 3.8) is 0 Å². The van der Waals surface area contributed by atoms with Crippen LogP contribution in [0, 0.1) is 5.82 Å². The van der Waals surface area contributed by atoms with Crippen molar-refractivity contribution < 1.29 is 28.2 Å². The molecule has 2 aromatic carbocycles. The Hall–Kier alpha value is -3.92. The fourth-order valence-electron chi connectivity index (χ4n) is 3.51. The van der Waals surface area contributed by atoms with Gasteiger partial charge in [0.1, 0.15) is 17.2 Å². The topological polar surface area (TPSA) is 94.9 Å². The standard InChI is InChI=1S/C25H29FN4O5/c1-25(2,15-33-5)35-23(32)20-21(27-22(31)18-13-12-16(26)14-19(18)34-6)28-24(29(3)4)30(20)17-10-8-7-9-11-17/h7-14H,15H2,1-6H3,(H,27,31). The highest BCUT2D eigenvalue weighted by atomic mass is 19.1. The maximum absolute atomic E-state index is 13.6. The number of carbonyl (C=O) groups excluding carboxylic acids is 2. The average molecular weight is 485 g/mol. The number of amides is 1. The molecule has 0 radical (unpaired) electrons. The van der Waals surface area contributed by atoms with Crippen molar-refractivity contribution in [1.29, 1.82) is 0 Å². The number of carbonyl (C=O) groups is 2. The molecule has 3 aromatic rings. The van der Waals surface area contributed by atoms with Crippen molar-refractivity contribution in [2.24, 2.45) is 0 Å². The van der Waals surface area contributed by atoms with Gasteiger partial charge in [-0.05, 0) is 38.1 Å². The number of para-hydroxylation sites is 1. The highest BCUT2D eigenvalue weighted by Crippen LogP contribution is 2.30. The third-order valence-electron chi connectivity index (χ3n) is 4.97. The molecule has 9 nitrogen and oxygen atoms in total. The summed E-state index contributed by atoms with van der Waals surface area (Å²) in [5, 5.41) is 2.67. The van der Waals surface area contributed by atoms with E-state index in [2.05, 4.69) is 10.3 Å². The van der Waals surface area contributed by atoms with Crippen LogP contribution in [0.2, 0.25) is 0 Å². The average Bonchev–Trinajstić information content (AvgIpc) is 3.18. The SMILES string of the molecule is COCC(C)(C)OC(=O)c1c(NC(=O)c2ccc(F)cc2OC)nc(N(C)C)n1-c1ccccc1. The van der Waals surface area contributed by atoms with Crippen LogP contribution in [-0.4, -0.2) is 62.0 Å². The molecular weight excluding hydrogens is 455 g/mol. The van der Waals surface area contributed by atoms with Crippen molar-refractivity contribution in [2.75, 3.05) is 45.1 Å². The molecule has 0 aliphatic heterocycles. The summed E-state index contributed by atoms with van der Waals surface area (Å²) < 4.78 is 31.3. The first kappa shape index (κ1) is 25.7. The number of rotatable bonds is 9. The van der Waals surface area contributed by atoms with E-state index >= 15 is 0 Å². The van der Waals surface area contributed by atoms with Gasteiger partial charge in [0.25, 0.3) is 5.91 Å². The zero-order valence-corrected chi connectivity index (χ0v) is 20.6. The monoisotopic (exact) mass is 484 g/mol. The highest BCUT2D eigenvalue weighted by Gasteiger charge is 2.32. The van der Waals surface area contributed by atoms with Gasteiger partial charge in [-0.25, -0.2) is 9.18 Å². The molecule has 0 unspecified atom stereocenters. The Bertz CT molecular complexity index is 1210. The quantitative estimate of drug-likeness (QED) is 0.460. The molecule has 186 valence electrons. The van der Waals surface area contributed by atoms with Crippen molar-refractivity contribution in [2.45, 2.75) is 19.4 Å². The first-order chi connectivity index (χ1) is 16.6. The molecule has 35 heavy (non-hydrogen) atoms. The molecule has 10 heteroatoms. The lowest BCUT2D eigenvalue weighted by molar-refractivity contribution is -0.0370. The number of hydrogen-bond acceptors (Lipinski definition) is 7. The van der Waals surface area contributed by atoms with E-state index in [1.54, 1.807) is 49.5 Å². The van der Waals surface area contributed by atoms with E-state index in [-0.39, 0.29) is 29.4 Å². The number of anilines is 2. The number of esters is 1. The van der Waals surface area contributed by atoms with Crippen LogP contribution < -0.4 is 15.0 Å². The van der Waals surface area contributed by atoms with Crippen molar-refractivity contribution in [3.8, 4) is 11.4 Å². The van der Waals surface area contributed by atoms with Crippen LogP contribution in [0.5, 0.6) is 5.75 Å². The largest absolute Gasteiger partial charge is 0.496 e. The van der Waals surface area contributed by atoms with E-state index in [1.165, 1.54) is 20.3 Å². The molecule has 0 saturated heterocycles. The predicted molar refractivity (Wildman–Crippen MR) is 130 cm³/mol. The van der Waals surface area contributed by atoms with Gasteiger partial charge >= 0.3 is 5.97 Å². The molecule has 0 aliphatic carbocycles. The zero-order valence-electron chi connectivity index (χ0n) is 20.6. The summed E-state index contributed by atoms with van der Waals surface area (Å²) in [4.78, 5) is 32.9. The van der Waals surface area contributed by atoms with Gasteiger partial charge in [0.15, 0.2) is 11.5 Å². The first-order valence-electron chi connectivity index (χ1n) is 10.8. The summed E-state index contributed by atoms with van der Waals surface area (Å²) in [5.74, 6) is -1.48. The maximum atomic E-state index is 13.6. The first-order valence-corrected chi connectivity index (χ1v) is 10.8. The maximum Gasteiger partial charge on any atom is 0.359 e. The Kier molecular flexibility index (Phi) is 7.75. The number of ether oxygens (including phenoxy) is 3. The Labute approximate surface area is 203 Å². The molecule has 0 bridgehead atoms. The van der Waals surface area contributed by atoms with Crippen molar-refractivity contribution in [3.05, 3.63) is 65.6 Å². The van der Waals surface area contributed by atoms with Gasteiger partial charge in [0, 0.05) is 33.0 Å². The minimum Gasteiger partial charge on any atom is -0.496 e. The van der Waals surface area contributed by atoms with E-state index in [0.29, 0.717) is 11.6 Å². The summed E-state index contributed by atoms with van der Waals surface area (Å²) in [6, 6.07) is 12.6. The van der Waals surface area contributed by atoms with E-state index < -0.39 is 23.3 Å². The lowest BCUT2D eigenvalue weighted by Crippen LogP contribution is -2.34. The Balaban J connectivity index is 2.15. The van der Waals surface area contributed by atoms with Crippen LogP contribution in [-0.2, 0) is 9.47 Å². The molecule has 1 amide bonds. The molecule has 0 spiro atoms. The minimum absolute atomic E-state index is 0.0125. The molecule has 0 aliphatic rings. The normalized spacial score (nSPS) is 11.2. The lowest BCUT2D eigenvalue weighted by atomic mass is 10.1. The number of aromatic nitrogens is 2. The van der Waals surface area contributed by atoms with Gasteiger partial charge in [-0.3, -0.25) is 9.36 Å². The summed E-state index contributed by atoms with van der Waals surface area (Å²) in [6.45, 7) is 3.59. The number of imidazole rings is 1. The molecule has 0 fully saturated rings. The molecule has 1 aromatic heterocycles. The molecule has 0 atom stereocenters. The van der Waals surface area contributed by atoms with E-state index in [1.807, 2.05) is 18.2 Å². The van der Waals surface area contributed by atoms with Crippen LogP contribution in [0.25, 0.3) is 5.69 Å². The van der Waals surface area contributed by atoms with Crippen LogP contribution in [0.3, 0.4) is 0 Å². The van der Waals surface area contributed by atoms with Gasteiger partial charge in [-0.2, -0.15) is 4.98 Å². The summed E-state index contributed by atoms with van der Waals surface area (Å²) in [5.41, 5.74) is -0.218. The Morgan fingerprint density at radius 3 is 2.40 bits per heavy atom. The van der Waals surface area contributed by atoms with Gasteiger partial charge in [0.05, 0.1) is 19.3 Å². The number of nitrogens with zero attached hydrogens (tertiary/aromatic N) is 3. The number of hydrogen-bond donors (Lipinski definition) is 1. The van der Waals surface area contributed by atoms with E-state index in [9.17, 15) is 14.0 Å². The van der Waals surface area contributed by atoms with Crippen LogP contribution in [0.4, 0.5) is 16.2 Å². The van der Waals surface area contributed by atoms with Crippen LogP contribution in [0.15, 0.2) is 48.5 Å². The van der Waals surface area contributed by atoms with Gasteiger partial charge in [-0.1, -0.05) is 18.2 Å². The van der Waals surface area contributed by atoms with Gasteiger partial charge in [0.2, 0.25) is 5.95 Å². The molecule has 1 N–H and O–H groups in total. The third-order valence-corrected chi connectivity index (χ3v) is 4.97. The summed E-state index contributed by atoms with van der Waals surface area (Å²) >= 11 is 0. The minimum atomic E-state index is -0.947. The summed E-state index contributed by atoms with van der Waals surface area (Å²) in [7, 11) is 6.37. The Morgan fingerprint density at radius 1 is 1.11 bits per heavy atom. The molecule has 3 rings (SSSR count). The Morgan fingerprint density at radius 2 is 1.80 bits per heavy atom. The number of halogens is 1. The molecule has 0 saturated carbocycles. The van der Waals surface area contributed by atoms with Crippen molar-refractivity contribution >= 4 is 23.6 Å². The number of methoxy groups -OCH3 is 2. The molecular formula is C25H29FN4O5. The second kappa shape index (κ2) is 10.6. The van der Waals surface area contributed by atoms with Crippen LogP contribution >= 0.6 is 0 Å². The fraction of sp³-hybridized carbons (Fsp3) is 0.320. The second-order valence-electron chi connectivity index (χ2n) is 8.56. The van der Waals surface area contributed by atoms with Gasteiger partial charge in [-0.15, -0.1) is 0 Å². The summed E-state index contributed by atoms with van der Waals surface area (Å²) in [6.07, 6.45) is 0. The smallest absolute Gasteiger partial charge is 0.359 e. The second-order valence-corrected chi connectivity index (χ2v) is 8.56. The predicted octanol–water partition coefficient (Wildman–Crippen LogP) is 3.92. The van der Waals surface area contributed by atoms with Crippen LogP contribution in [0.1, 0.15) is 34.7 Å². The highest BCUT2D eigenvalue weighted by molar-refractivity contribution is 6.08. The van der Waals surface area contributed by atoms with E-state index in [0.717, 1.165) is 12.1 Å². The number of nitrogens with one attached hydrogen (secondary N) is 1. The fourth-order valence-corrected chi connectivity index (χ4v) is 3.51. The lowest BCUT2D eigenvalue weighted by Gasteiger charge is -2.25. The van der Waals surface area contributed by atoms with E-state index in [4.69, 9.17) is 14.2 Å². The zero-order chi connectivity index (χ0) is 25.8. The third kappa shape index (κ3) is 5.78.